The van der Waals surface area contributed by atoms with E-state index >= 15 is 0 Å². The molecule has 1 saturated heterocycles. The highest BCUT2D eigenvalue weighted by Crippen LogP contribution is 2.21. The summed E-state index contributed by atoms with van der Waals surface area (Å²) in [5.74, 6) is 0.813. The van der Waals surface area contributed by atoms with E-state index in [-0.39, 0.29) is 5.91 Å². The Bertz CT molecular complexity index is 961. The lowest BCUT2D eigenvalue weighted by Crippen LogP contribution is -2.49. The minimum atomic E-state index is 0.0103. The fraction of sp³-hybridized carbons (Fsp3) is 0.389. The highest BCUT2D eigenvalue weighted by Gasteiger charge is 2.23. The molecule has 3 aromatic rings. The van der Waals surface area contributed by atoms with E-state index in [2.05, 4.69) is 35.4 Å². The van der Waals surface area contributed by atoms with E-state index in [4.69, 9.17) is 0 Å². The van der Waals surface area contributed by atoms with E-state index < -0.39 is 0 Å². The predicted molar refractivity (Wildman–Crippen MR) is 103 cm³/mol. The zero-order chi connectivity index (χ0) is 18.8. The molecule has 1 aliphatic heterocycles. The molecule has 140 valence electrons. The fourth-order valence-corrected chi connectivity index (χ4v) is 3.30. The monoisotopic (exact) mass is 366 g/mol. The van der Waals surface area contributed by atoms with Crippen LogP contribution in [0.4, 0.5) is 11.5 Å². The largest absolute Gasteiger partial charge is 0.352 e. The number of fused-ring (bicyclic) bond motifs is 1. The molecule has 1 aromatic carbocycles. The first-order chi connectivity index (χ1) is 13.1. The third-order valence-electron chi connectivity index (χ3n) is 4.83. The summed E-state index contributed by atoms with van der Waals surface area (Å²) in [6.07, 6.45) is 1.54. The molecule has 4 rings (SSSR count). The summed E-state index contributed by atoms with van der Waals surface area (Å²) in [4.78, 5) is 25.3. The zero-order valence-corrected chi connectivity index (χ0v) is 15.5. The summed E-state index contributed by atoms with van der Waals surface area (Å²) in [5.41, 5.74) is 3.37. The maximum atomic E-state index is 12.4. The number of nitrogens with one attached hydrogen (secondary N) is 1. The summed E-state index contributed by atoms with van der Waals surface area (Å²) in [7, 11) is 1.82. The van der Waals surface area contributed by atoms with Crippen molar-refractivity contribution in [2.24, 2.45) is 7.05 Å². The van der Waals surface area contributed by atoms with Gasteiger partial charge in [0.25, 0.3) is 0 Å². The molecule has 1 fully saturated rings. The van der Waals surface area contributed by atoms with Crippen LogP contribution < -0.4 is 10.2 Å². The molecule has 9 heteroatoms. The minimum Gasteiger partial charge on any atom is -0.352 e. The Morgan fingerprint density at radius 2 is 1.93 bits per heavy atom. The van der Waals surface area contributed by atoms with Crippen LogP contribution in [0, 0.1) is 6.92 Å². The average Bonchev–Trinajstić information content (AvgIpc) is 3.06. The molecule has 0 spiro atoms. The van der Waals surface area contributed by atoms with Crippen molar-refractivity contribution in [3.8, 4) is 0 Å². The Labute approximate surface area is 157 Å². The zero-order valence-electron chi connectivity index (χ0n) is 15.5. The number of carbonyl (C=O) groups excluding carboxylic acids is 1. The van der Waals surface area contributed by atoms with Gasteiger partial charge in [0.2, 0.25) is 5.91 Å². The van der Waals surface area contributed by atoms with Crippen LogP contribution in [0.25, 0.3) is 11.2 Å². The number of aromatic nitrogens is 5. The van der Waals surface area contributed by atoms with Gasteiger partial charge in [0.05, 0.1) is 6.54 Å². The average molecular weight is 366 g/mol. The molecule has 1 N–H and O–H groups in total. The van der Waals surface area contributed by atoms with Gasteiger partial charge >= 0.3 is 0 Å². The first-order valence-electron chi connectivity index (χ1n) is 8.95. The number of carbonyl (C=O) groups is 1. The van der Waals surface area contributed by atoms with E-state index in [0.29, 0.717) is 12.1 Å². The van der Waals surface area contributed by atoms with Crippen molar-refractivity contribution in [1.82, 2.24) is 29.9 Å². The second-order valence-corrected chi connectivity index (χ2v) is 6.71. The molecular weight excluding hydrogens is 344 g/mol. The van der Waals surface area contributed by atoms with Crippen LogP contribution >= 0.6 is 0 Å². The van der Waals surface area contributed by atoms with Gasteiger partial charge in [0.15, 0.2) is 17.0 Å². The van der Waals surface area contributed by atoms with Crippen LogP contribution in [-0.2, 0) is 11.8 Å². The number of amides is 1. The third kappa shape index (κ3) is 3.59. The number of benzene rings is 1. The summed E-state index contributed by atoms with van der Waals surface area (Å²) < 4.78 is 1.65. The van der Waals surface area contributed by atoms with Crippen molar-refractivity contribution in [3.63, 3.8) is 0 Å². The number of rotatable bonds is 4. The first-order valence-corrected chi connectivity index (χ1v) is 8.95. The van der Waals surface area contributed by atoms with E-state index in [9.17, 15) is 4.79 Å². The number of para-hydroxylation sites is 1. The van der Waals surface area contributed by atoms with Gasteiger partial charge < -0.3 is 10.2 Å². The summed E-state index contributed by atoms with van der Waals surface area (Å²) >= 11 is 0. The lowest BCUT2D eigenvalue weighted by molar-refractivity contribution is -0.117. The van der Waals surface area contributed by atoms with Crippen LogP contribution in [0.15, 0.2) is 30.6 Å². The Morgan fingerprint density at radius 1 is 1.15 bits per heavy atom. The Hall–Kier alpha value is -3.07. The molecular formula is C18H22N8O. The van der Waals surface area contributed by atoms with Gasteiger partial charge in [0, 0.05) is 38.9 Å². The maximum absolute atomic E-state index is 12.4. The van der Waals surface area contributed by atoms with Gasteiger partial charge in [-0.3, -0.25) is 9.69 Å². The van der Waals surface area contributed by atoms with Crippen LogP contribution in [0.3, 0.4) is 0 Å². The van der Waals surface area contributed by atoms with Gasteiger partial charge in [-0.2, -0.15) is 0 Å². The number of nitrogens with zero attached hydrogens (tertiary/aromatic N) is 7. The van der Waals surface area contributed by atoms with Gasteiger partial charge in [-0.15, -0.1) is 5.10 Å². The van der Waals surface area contributed by atoms with Gasteiger partial charge in [-0.05, 0) is 18.6 Å². The molecule has 2 aromatic heterocycles. The molecule has 0 unspecified atom stereocenters. The maximum Gasteiger partial charge on any atom is 0.238 e. The minimum absolute atomic E-state index is 0.0103. The van der Waals surface area contributed by atoms with E-state index in [1.54, 1.807) is 11.0 Å². The number of aryl methyl sites for hydroxylation is 2. The Balaban J connectivity index is 1.36. The number of anilines is 2. The topological polar surface area (TPSA) is 92.1 Å². The number of hydrogen-bond acceptors (Lipinski definition) is 7. The second-order valence-electron chi connectivity index (χ2n) is 6.71. The SMILES string of the molecule is Cc1ccccc1NC(=O)CN1CCN(c2ncnc3c2nnn3C)CC1. The molecule has 3 heterocycles. The first kappa shape index (κ1) is 17.3. The molecule has 0 atom stereocenters. The van der Waals surface area contributed by atoms with E-state index in [0.717, 1.165) is 48.9 Å². The van der Waals surface area contributed by atoms with Gasteiger partial charge in [0.1, 0.15) is 6.33 Å². The third-order valence-corrected chi connectivity index (χ3v) is 4.83. The van der Waals surface area contributed by atoms with Crippen LogP contribution in [0.5, 0.6) is 0 Å². The van der Waals surface area contributed by atoms with Crippen molar-refractivity contribution >= 4 is 28.6 Å². The molecule has 0 saturated carbocycles. The van der Waals surface area contributed by atoms with Gasteiger partial charge in [-0.25, -0.2) is 14.6 Å². The van der Waals surface area contributed by atoms with Crippen molar-refractivity contribution in [2.45, 2.75) is 6.92 Å². The summed E-state index contributed by atoms with van der Waals surface area (Å²) in [6, 6.07) is 7.80. The van der Waals surface area contributed by atoms with Crippen LogP contribution in [0.2, 0.25) is 0 Å². The van der Waals surface area contributed by atoms with Crippen LogP contribution in [0.1, 0.15) is 5.56 Å². The highest BCUT2D eigenvalue weighted by atomic mass is 16.2. The summed E-state index contributed by atoms with van der Waals surface area (Å²) in [5, 5.41) is 11.2. The summed E-state index contributed by atoms with van der Waals surface area (Å²) in [6.45, 7) is 5.50. The molecule has 0 aliphatic carbocycles. The quantitative estimate of drug-likeness (QED) is 0.731. The Kier molecular flexibility index (Phi) is 4.68. The lowest BCUT2D eigenvalue weighted by atomic mass is 10.2. The van der Waals surface area contributed by atoms with E-state index in [1.165, 1.54) is 0 Å². The van der Waals surface area contributed by atoms with Crippen molar-refractivity contribution in [1.29, 1.82) is 0 Å². The second kappa shape index (κ2) is 7.28. The molecule has 1 aliphatic rings. The van der Waals surface area contributed by atoms with E-state index in [1.807, 2.05) is 38.2 Å². The number of hydrogen-bond donors (Lipinski definition) is 1. The molecule has 1 amide bonds. The standard InChI is InChI=1S/C18H22N8O/c1-13-5-3-4-6-14(13)21-15(27)11-25-7-9-26(10-8-25)18-16-17(19-12-20-18)24(2)23-22-16/h3-6,12H,7-11H2,1-2H3,(H,21,27). The molecule has 0 radical (unpaired) electrons. The van der Waals surface area contributed by atoms with Crippen molar-refractivity contribution < 1.29 is 4.79 Å². The predicted octanol–water partition coefficient (Wildman–Crippen LogP) is 0.827. The Morgan fingerprint density at radius 3 is 2.70 bits per heavy atom. The molecule has 27 heavy (non-hydrogen) atoms. The number of piperazine rings is 1. The molecule has 9 nitrogen and oxygen atoms in total. The van der Waals surface area contributed by atoms with Gasteiger partial charge in [-0.1, -0.05) is 23.4 Å². The smallest absolute Gasteiger partial charge is 0.238 e. The van der Waals surface area contributed by atoms with Crippen LogP contribution in [-0.4, -0.2) is 68.5 Å². The fourth-order valence-electron chi connectivity index (χ4n) is 3.30. The highest BCUT2D eigenvalue weighted by molar-refractivity contribution is 5.93. The molecule has 0 bridgehead atoms. The lowest BCUT2D eigenvalue weighted by Gasteiger charge is -2.34. The van der Waals surface area contributed by atoms with Crippen molar-refractivity contribution in [2.75, 3.05) is 42.9 Å². The van der Waals surface area contributed by atoms with Crippen molar-refractivity contribution in [3.05, 3.63) is 36.2 Å². The normalized spacial score (nSPS) is 15.3.